The number of hydrogen-bond acceptors (Lipinski definition) is 7. The summed E-state index contributed by atoms with van der Waals surface area (Å²) < 4.78 is 10.4. The molecule has 9 nitrogen and oxygen atoms in total. The van der Waals surface area contributed by atoms with Gasteiger partial charge >= 0.3 is 5.69 Å². The average Bonchev–Trinajstić information content (AvgIpc) is 2.42. The van der Waals surface area contributed by atoms with Crippen LogP contribution in [-0.4, -0.2) is 40.3 Å². The van der Waals surface area contributed by atoms with E-state index in [1.807, 2.05) is 13.8 Å². The van der Waals surface area contributed by atoms with E-state index in [4.69, 9.17) is 20.4 Å². The fraction of sp³-hybridized carbons (Fsp3) is 0.455. The van der Waals surface area contributed by atoms with E-state index in [0.717, 1.165) is 6.07 Å². The van der Waals surface area contributed by atoms with Gasteiger partial charge in [-0.2, -0.15) is 0 Å². The number of ether oxygens (including phenoxy) is 2. The maximum atomic E-state index is 10.9. The van der Waals surface area contributed by atoms with Gasteiger partial charge in [-0.25, -0.2) is 4.98 Å². The standard InChI is InChI=1S/C11H16N4O5/c1-7(2)19-3-4-20-11-9(15(17)18)5-8(6-13-11)10(12)14-16/h5-7,16H,3-4H2,1-2H3,(H2,12,14). The summed E-state index contributed by atoms with van der Waals surface area (Å²) in [6.45, 7) is 4.16. The third kappa shape index (κ3) is 4.35. The highest BCUT2D eigenvalue weighted by Crippen LogP contribution is 2.24. The third-order valence-corrected chi connectivity index (χ3v) is 2.21. The van der Waals surface area contributed by atoms with Crippen molar-refractivity contribution < 1.29 is 19.6 Å². The molecule has 0 aliphatic carbocycles. The Morgan fingerprint density at radius 1 is 1.60 bits per heavy atom. The molecule has 0 aromatic carbocycles. The van der Waals surface area contributed by atoms with Crippen molar-refractivity contribution in [3.05, 3.63) is 27.9 Å². The number of nitrogens with two attached hydrogens (primary N) is 1. The van der Waals surface area contributed by atoms with E-state index in [0.29, 0.717) is 6.61 Å². The summed E-state index contributed by atoms with van der Waals surface area (Å²) in [5.41, 5.74) is 5.11. The molecule has 9 heteroatoms. The summed E-state index contributed by atoms with van der Waals surface area (Å²) in [7, 11) is 0. The van der Waals surface area contributed by atoms with Crippen LogP contribution >= 0.6 is 0 Å². The van der Waals surface area contributed by atoms with Gasteiger partial charge in [-0.05, 0) is 13.8 Å². The molecule has 20 heavy (non-hydrogen) atoms. The van der Waals surface area contributed by atoms with Crippen LogP contribution in [0.2, 0.25) is 0 Å². The smallest absolute Gasteiger partial charge is 0.331 e. The van der Waals surface area contributed by atoms with Crippen LogP contribution in [0.25, 0.3) is 0 Å². The lowest BCUT2D eigenvalue weighted by Crippen LogP contribution is -2.15. The number of rotatable bonds is 7. The topological polar surface area (TPSA) is 133 Å². The molecule has 0 radical (unpaired) electrons. The molecular formula is C11H16N4O5. The van der Waals surface area contributed by atoms with E-state index in [1.165, 1.54) is 6.20 Å². The Hall–Kier alpha value is -2.42. The third-order valence-electron chi connectivity index (χ3n) is 2.21. The zero-order valence-electron chi connectivity index (χ0n) is 11.1. The first-order valence-corrected chi connectivity index (χ1v) is 5.82. The van der Waals surface area contributed by atoms with Gasteiger partial charge in [0.25, 0.3) is 5.88 Å². The van der Waals surface area contributed by atoms with Gasteiger partial charge in [0, 0.05) is 17.8 Å². The fourth-order valence-corrected chi connectivity index (χ4v) is 1.30. The van der Waals surface area contributed by atoms with Gasteiger partial charge < -0.3 is 20.4 Å². The molecular weight excluding hydrogens is 268 g/mol. The van der Waals surface area contributed by atoms with Gasteiger partial charge in [0.05, 0.1) is 17.6 Å². The number of pyridine rings is 1. The molecule has 1 heterocycles. The van der Waals surface area contributed by atoms with E-state index >= 15 is 0 Å². The summed E-state index contributed by atoms with van der Waals surface area (Å²) in [6.07, 6.45) is 1.27. The maximum absolute atomic E-state index is 10.9. The Kier molecular flexibility index (Phi) is 5.66. The van der Waals surface area contributed by atoms with Gasteiger partial charge in [0.2, 0.25) is 0 Å². The molecule has 0 atom stereocenters. The van der Waals surface area contributed by atoms with Crippen molar-refractivity contribution in [1.29, 1.82) is 0 Å². The number of oxime groups is 1. The molecule has 1 aromatic heterocycles. The molecule has 0 unspecified atom stereocenters. The molecule has 0 aliphatic heterocycles. The SMILES string of the molecule is CC(C)OCCOc1ncc(C(N)=NO)cc1[N+](=O)[O-]. The molecule has 1 rings (SSSR count). The summed E-state index contributed by atoms with van der Waals surface area (Å²) in [4.78, 5) is 14.1. The van der Waals surface area contributed by atoms with Crippen LogP contribution in [0.5, 0.6) is 5.88 Å². The predicted molar refractivity (Wildman–Crippen MR) is 70.0 cm³/mol. The van der Waals surface area contributed by atoms with Crippen molar-refractivity contribution in [3.8, 4) is 5.88 Å². The molecule has 0 spiro atoms. The lowest BCUT2D eigenvalue weighted by molar-refractivity contribution is -0.386. The number of hydrogen-bond donors (Lipinski definition) is 2. The summed E-state index contributed by atoms with van der Waals surface area (Å²) in [5.74, 6) is -0.410. The second-order valence-corrected chi connectivity index (χ2v) is 4.06. The molecule has 110 valence electrons. The van der Waals surface area contributed by atoms with Gasteiger partial charge in [-0.15, -0.1) is 0 Å². The molecule has 0 saturated heterocycles. The molecule has 1 aromatic rings. The number of nitrogens with zero attached hydrogens (tertiary/aromatic N) is 3. The second-order valence-electron chi connectivity index (χ2n) is 4.06. The zero-order valence-corrected chi connectivity index (χ0v) is 11.1. The Bertz CT molecular complexity index is 504. The van der Waals surface area contributed by atoms with E-state index in [-0.39, 0.29) is 35.7 Å². The van der Waals surface area contributed by atoms with Gasteiger partial charge in [-0.3, -0.25) is 10.1 Å². The van der Waals surface area contributed by atoms with Crippen LogP contribution in [0, 0.1) is 10.1 Å². The van der Waals surface area contributed by atoms with Gasteiger partial charge in [-0.1, -0.05) is 5.16 Å². The van der Waals surface area contributed by atoms with Crippen molar-refractivity contribution in [3.63, 3.8) is 0 Å². The normalized spacial score (nSPS) is 11.7. The van der Waals surface area contributed by atoms with Crippen molar-refractivity contribution in [1.82, 2.24) is 4.98 Å². The summed E-state index contributed by atoms with van der Waals surface area (Å²) in [6, 6.07) is 1.13. The van der Waals surface area contributed by atoms with E-state index in [2.05, 4.69) is 10.1 Å². The van der Waals surface area contributed by atoms with Gasteiger partial charge in [0.1, 0.15) is 6.61 Å². The number of nitro groups is 1. The first-order chi connectivity index (χ1) is 9.45. The van der Waals surface area contributed by atoms with Crippen LogP contribution in [0.15, 0.2) is 17.4 Å². The largest absolute Gasteiger partial charge is 0.470 e. The fourth-order valence-electron chi connectivity index (χ4n) is 1.30. The zero-order chi connectivity index (χ0) is 15.1. The molecule has 0 amide bonds. The minimum Gasteiger partial charge on any atom is -0.470 e. The molecule has 0 fully saturated rings. The molecule has 0 saturated carbocycles. The number of amidine groups is 1. The van der Waals surface area contributed by atoms with Crippen molar-refractivity contribution in [2.45, 2.75) is 20.0 Å². The minimum absolute atomic E-state index is 0.0458. The molecule has 3 N–H and O–H groups in total. The predicted octanol–water partition coefficient (Wildman–Crippen LogP) is 0.888. The van der Waals surface area contributed by atoms with Crippen LogP contribution < -0.4 is 10.5 Å². The van der Waals surface area contributed by atoms with Crippen molar-refractivity contribution in [2.24, 2.45) is 10.9 Å². The monoisotopic (exact) mass is 284 g/mol. The summed E-state index contributed by atoms with van der Waals surface area (Å²) >= 11 is 0. The first-order valence-electron chi connectivity index (χ1n) is 5.82. The summed E-state index contributed by atoms with van der Waals surface area (Å²) in [5, 5.41) is 22.2. The Balaban J connectivity index is 2.83. The highest BCUT2D eigenvalue weighted by atomic mass is 16.6. The lowest BCUT2D eigenvalue weighted by Gasteiger charge is -2.09. The lowest BCUT2D eigenvalue weighted by atomic mass is 10.2. The van der Waals surface area contributed by atoms with Crippen LogP contribution in [0.1, 0.15) is 19.4 Å². The Labute approximate surface area is 115 Å². The minimum atomic E-state index is -0.653. The van der Waals surface area contributed by atoms with Gasteiger partial charge in [0.15, 0.2) is 5.84 Å². The Morgan fingerprint density at radius 3 is 2.85 bits per heavy atom. The second kappa shape index (κ2) is 7.24. The number of aromatic nitrogens is 1. The van der Waals surface area contributed by atoms with Crippen molar-refractivity contribution in [2.75, 3.05) is 13.2 Å². The van der Waals surface area contributed by atoms with E-state index in [1.54, 1.807) is 0 Å². The van der Waals surface area contributed by atoms with E-state index in [9.17, 15) is 10.1 Å². The first kappa shape index (κ1) is 15.6. The average molecular weight is 284 g/mol. The maximum Gasteiger partial charge on any atom is 0.331 e. The molecule has 0 aliphatic rings. The highest BCUT2D eigenvalue weighted by molar-refractivity contribution is 5.97. The van der Waals surface area contributed by atoms with Crippen LogP contribution in [-0.2, 0) is 4.74 Å². The van der Waals surface area contributed by atoms with E-state index < -0.39 is 4.92 Å². The van der Waals surface area contributed by atoms with Crippen LogP contribution in [0.4, 0.5) is 5.69 Å². The quantitative estimate of drug-likeness (QED) is 0.190. The van der Waals surface area contributed by atoms with Crippen molar-refractivity contribution >= 4 is 11.5 Å². The van der Waals surface area contributed by atoms with Crippen LogP contribution in [0.3, 0.4) is 0 Å². The highest BCUT2D eigenvalue weighted by Gasteiger charge is 2.19. The molecule has 0 bridgehead atoms. The Morgan fingerprint density at radius 2 is 2.30 bits per heavy atom.